The van der Waals surface area contributed by atoms with Crippen LogP contribution in [0.25, 0.3) is 0 Å². The first kappa shape index (κ1) is 17.7. The molecule has 0 aromatic heterocycles. The summed E-state index contributed by atoms with van der Waals surface area (Å²) in [4.78, 5) is 47.4. The molecule has 0 aliphatic carbocycles. The van der Waals surface area contributed by atoms with E-state index < -0.39 is 11.8 Å². The molecule has 23 heavy (non-hydrogen) atoms. The lowest BCUT2D eigenvalue weighted by molar-refractivity contribution is -0.136. The fourth-order valence-electron chi connectivity index (χ4n) is 1.91. The van der Waals surface area contributed by atoms with E-state index in [4.69, 9.17) is 0 Å². The second kappa shape index (κ2) is 7.77. The van der Waals surface area contributed by atoms with Crippen molar-refractivity contribution in [3.05, 3.63) is 27.3 Å². The van der Waals surface area contributed by atoms with E-state index >= 15 is 0 Å². The maximum Gasteiger partial charge on any atom is 0.313 e. The molecule has 0 atom stereocenters. The quantitative estimate of drug-likeness (QED) is 0.537. The monoisotopic (exact) mass is 447 g/mol. The number of hydrogen-bond acceptors (Lipinski definition) is 5. The van der Waals surface area contributed by atoms with E-state index in [9.17, 15) is 19.2 Å². The van der Waals surface area contributed by atoms with Gasteiger partial charge < -0.3 is 10.6 Å². The Hall–Kier alpha value is -1.62. The number of carbonyl (C=O) groups is 4. The summed E-state index contributed by atoms with van der Waals surface area (Å²) >= 11 is 3.08. The third-order valence-corrected chi connectivity index (χ3v) is 4.63. The van der Waals surface area contributed by atoms with Gasteiger partial charge in [0.25, 0.3) is 5.24 Å². The molecule has 0 saturated carbocycles. The van der Waals surface area contributed by atoms with Gasteiger partial charge >= 0.3 is 11.8 Å². The molecular formula is C14H14IN3O4S. The van der Waals surface area contributed by atoms with E-state index in [0.29, 0.717) is 5.69 Å². The fraction of sp³-hybridized carbons (Fsp3) is 0.286. The van der Waals surface area contributed by atoms with Crippen molar-refractivity contribution < 1.29 is 19.2 Å². The number of thioether (sulfide) groups is 1. The standard InChI is InChI=1S/C14H14IN3O4S/c1-8-6-9(15)2-3-10(8)17-13(21)12(20)16-4-5-18-11(19)7-23-14(18)22/h2-3,6H,4-5,7H2,1H3,(H,16,20)(H,17,21). The molecule has 0 bridgehead atoms. The van der Waals surface area contributed by atoms with Gasteiger partial charge in [-0.15, -0.1) is 0 Å². The first-order valence-electron chi connectivity index (χ1n) is 6.71. The van der Waals surface area contributed by atoms with Crippen LogP contribution in [-0.2, 0) is 14.4 Å². The second-order valence-electron chi connectivity index (χ2n) is 4.77. The number of nitrogens with zero attached hydrogens (tertiary/aromatic N) is 1. The number of hydrogen-bond donors (Lipinski definition) is 2. The summed E-state index contributed by atoms with van der Waals surface area (Å²) in [6.45, 7) is 1.93. The first-order chi connectivity index (χ1) is 10.9. The van der Waals surface area contributed by atoms with Gasteiger partial charge in [0.1, 0.15) is 0 Å². The van der Waals surface area contributed by atoms with E-state index in [0.717, 1.165) is 25.8 Å². The van der Waals surface area contributed by atoms with Crippen molar-refractivity contribution >= 4 is 63.0 Å². The molecule has 0 spiro atoms. The number of amides is 4. The Kier molecular flexibility index (Phi) is 5.99. The molecule has 2 rings (SSSR count). The minimum Gasteiger partial charge on any atom is -0.346 e. The van der Waals surface area contributed by atoms with Gasteiger partial charge in [-0.2, -0.15) is 0 Å². The normalized spacial score (nSPS) is 14.1. The predicted octanol–water partition coefficient (Wildman–Crippen LogP) is 1.35. The van der Waals surface area contributed by atoms with Crippen LogP contribution in [0.3, 0.4) is 0 Å². The number of imide groups is 1. The van der Waals surface area contributed by atoms with Gasteiger partial charge in [-0.3, -0.25) is 24.1 Å². The van der Waals surface area contributed by atoms with Crippen LogP contribution in [0.5, 0.6) is 0 Å². The van der Waals surface area contributed by atoms with Crippen molar-refractivity contribution in [2.24, 2.45) is 0 Å². The lowest BCUT2D eigenvalue weighted by atomic mass is 10.2. The van der Waals surface area contributed by atoms with Crippen LogP contribution in [0, 0.1) is 10.5 Å². The van der Waals surface area contributed by atoms with Gasteiger partial charge in [0, 0.05) is 22.3 Å². The summed E-state index contributed by atoms with van der Waals surface area (Å²) in [6, 6.07) is 5.43. The molecule has 0 radical (unpaired) electrons. The SMILES string of the molecule is Cc1cc(I)ccc1NC(=O)C(=O)NCCN1C(=O)CSC1=O. The van der Waals surface area contributed by atoms with Gasteiger partial charge in [0.05, 0.1) is 5.75 Å². The minimum atomic E-state index is -0.810. The molecule has 9 heteroatoms. The molecule has 1 heterocycles. The summed E-state index contributed by atoms with van der Waals surface area (Å²) in [7, 11) is 0. The largest absolute Gasteiger partial charge is 0.346 e. The van der Waals surface area contributed by atoms with E-state index in [1.807, 2.05) is 19.1 Å². The molecular weight excluding hydrogens is 433 g/mol. The highest BCUT2D eigenvalue weighted by molar-refractivity contribution is 14.1. The van der Waals surface area contributed by atoms with Crippen molar-refractivity contribution in [1.82, 2.24) is 10.2 Å². The molecule has 1 aromatic carbocycles. The maximum atomic E-state index is 11.8. The summed E-state index contributed by atoms with van der Waals surface area (Å²) in [5.74, 6) is -1.76. The highest BCUT2D eigenvalue weighted by Crippen LogP contribution is 2.18. The smallest absolute Gasteiger partial charge is 0.313 e. The number of carbonyl (C=O) groups excluding carboxylic acids is 4. The second-order valence-corrected chi connectivity index (χ2v) is 6.94. The van der Waals surface area contributed by atoms with Crippen LogP contribution in [0.2, 0.25) is 0 Å². The average Bonchev–Trinajstić information content (AvgIpc) is 2.81. The summed E-state index contributed by atoms with van der Waals surface area (Å²) in [5.41, 5.74) is 1.41. The van der Waals surface area contributed by atoms with E-state index in [2.05, 4.69) is 33.2 Å². The Labute approximate surface area is 150 Å². The first-order valence-corrected chi connectivity index (χ1v) is 8.77. The van der Waals surface area contributed by atoms with Crippen molar-refractivity contribution in [2.75, 3.05) is 24.2 Å². The number of nitrogens with one attached hydrogen (secondary N) is 2. The maximum absolute atomic E-state index is 11.8. The molecule has 1 fully saturated rings. The third kappa shape index (κ3) is 4.67. The van der Waals surface area contributed by atoms with Gasteiger partial charge in [-0.1, -0.05) is 11.8 Å². The lowest BCUT2D eigenvalue weighted by Crippen LogP contribution is -2.41. The average molecular weight is 447 g/mol. The Morgan fingerprint density at radius 3 is 2.65 bits per heavy atom. The van der Waals surface area contributed by atoms with Gasteiger partial charge in [-0.25, -0.2) is 0 Å². The Morgan fingerprint density at radius 2 is 2.04 bits per heavy atom. The predicted molar refractivity (Wildman–Crippen MR) is 95.1 cm³/mol. The number of halogens is 1. The minimum absolute atomic E-state index is 0.0377. The van der Waals surface area contributed by atoms with E-state index in [1.165, 1.54) is 0 Å². The highest BCUT2D eigenvalue weighted by Gasteiger charge is 2.29. The van der Waals surface area contributed by atoms with E-state index in [1.54, 1.807) is 6.07 Å². The zero-order valence-corrected chi connectivity index (χ0v) is 15.2. The summed E-state index contributed by atoms with van der Waals surface area (Å²) in [5, 5.41) is 4.59. The summed E-state index contributed by atoms with van der Waals surface area (Å²) < 4.78 is 1.03. The van der Waals surface area contributed by atoms with Crippen LogP contribution in [-0.4, -0.2) is 46.7 Å². The number of anilines is 1. The zero-order valence-electron chi connectivity index (χ0n) is 12.2. The number of rotatable bonds is 4. The fourth-order valence-corrected chi connectivity index (χ4v) is 3.30. The molecule has 122 valence electrons. The lowest BCUT2D eigenvalue weighted by Gasteiger charge is -2.13. The van der Waals surface area contributed by atoms with Crippen molar-refractivity contribution in [2.45, 2.75) is 6.92 Å². The molecule has 0 unspecified atom stereocenters. The van der Waals surface area contributed by atoms with Crippen LogP contribution < -0.4 is 10.6 Å². The molecule has 1 saturated heterocycles. The van der Waals surface area contributed by atoms with Crippen LogP contribution >= 0.6 is 34.4 Å². The third-order valence-electron chi connectivity index (χ3n) is 3.10. The van der Waals surface area contributed by atoms with Crippen LogP contribution in [0.15, 0.2) is 18.2 Å². The van der Waals surface area contributed by atoms with Crippen LogP contribution in [0.1, 0.15) is 5.56 Å². The van der Waals surface area contributed by atoms with Gasteiger partial charge in [0.2, 0.25) is 5.91 Å². The number of benzene rings is 1. The topological polar surface area (TPSA) is 95.6 Å². The van der Waals surface area contributed by atoms with E-state index in [-0.39, 0.29) is 30.0 Å². The summed E-state index contributed by atoms with van der Waals surface area (Å²) in [6.07, 6.45) is 0. The number of aryl methyl sites for hydroxylation is 1. The zero-order chi connectivity index (χ0) is 17.0. The molecule has 7 nitrogen and oxygen atoms in total. The Morgan fingerprint density at radius 1 is 1.30 bits per heavy atom. The molecule has 1 aromatic rings. The van der Waals surface area contributed by atoms with Crippen molar-refractivity contribution in [1.29, 1.82) is 0 Å². The van der Waals surface area contributed by atoms with Crippen molar-refractivity contribution in [3.8, 4) is 0 Å². The molecule has 1 aliphatic heterocycles. The molecule has 1 aliphatic rings. The Bertz CT molecular complexity index is 664. The highest BCUT2D eigenvalue weighted by atomic mass is 127. The van der Waals surface area contributed by atoms with Crippen LogP contribution in [0.4, 0.5) is 10.5 Å². The van der Waals surface area contributed by atoms with Crippen molar-refractivity contribution in [3.63, 3.8) is 0 Å². The molecule has 2 N–H and O–H groups in total. The molecule has 4 amide bonds. The van der Waals surface area contributed by atoms with Gasteiger partial charge in [0.15, 0.2) is 0 Å². The Balaban J connectivity index is 1.82. The van der Waals surface area contributed by atoms with Gasteiger partial charge in [-0.05, 0) is 53.3 Å².